The van der Waals surface area contributed by atoms with Gasteiger partial charge in [-0.25, -0.2) is 4.39 Å². The second-order valence-corrected chi connectivity index (χ2v) is 6.26. The quantitative estimate of drug-likeness (QED) is 0.569. The van der Waals surface area contributed by atoms with E-state index in [2.05, 4.69) is 15.1 Å². The normalized spacial score (nSPS) is 12.4. The zero-order valence-corrected chi connectivity index (χ0v) is 13.7. The number of thiazole rings is 1. The molecule has 3 aromatic heterocycles. The van der Waals surface area contributed by atoms with Gasteiger partial charge in [0.15, 0.2) is 5.82 Å². The van der Waals surface area contributed by atoms with Crippen molar-refractivity contribution < 1.29 is 4.39 Å². The fraction of sp³-hybridized carbons (Fsp3) is 0. The Hall–Kier alpha value is -3.19. The molecule has 0 N–H and O–H groups in total. The zero-order valence-electron chi connectivity index (χ0n) is 12.8. The van der Waals surface area contributed by atoms with Gasteiger partial charge in [-0.2, -0.15) is 9.50 Å². The van der Waals surface area contributed by atoms with E-state index in [0.29, 0.717) is 15.3 Å². The molecule has 0 fully saturated rings. The molecule has 25 heavy (non-hydrogen) atoms. The van der Waals surface area contributed by atoms with Crippen LogP contribution in [0, 0.1) is 5.82 Å². The van der Waals surface area contributed by atoms with Crippen LogP contribution in [0.5, 0.6) is 0 Å². The summed E-state index contributed by atoms with van der Waals surface area (Å²) in [6.07, 6.45) is 8.59. The molecule has 1 aromatic carbocycles. The van der Waals surface area contributed by atoms with Gasteiger partial charge in [-0.15, -0.1) is 5.10 Å². The summed E-state index contributed by atoms with van der Waals surface area (Å²) in [5.41, 5.74) is 1.46. The van der Waals surface area contributed by atoms with Gasteiger partial charge >= 0.3 is 0 Å². The monoisotopic (exact) mass is 350 g/mol. The van der Waals surface area contributed by atoms with Crippen LogP contribution in [-0.4, -0.2) is 19.6 Å². The average Bonchev–Trinajstić information content (AvgIpc) is 3.15. The summed E-state index contributed by atoms with van der Waals surface area (Å²) in [4.78, 5) is 21.3. The fourth-order valence-corrected chi connectivity index (χ4v) is 3.19. The molecular formula is C18H11FN4OS. The highest BCUT2D eigenvalue weighted by Gasteiger charge is 2.08. The van der Waals surface area contributed by atoms with Crippen LogP contribution in [0.4, 0.5) is 4.39 Å². The molecule has 5 nitrogen and oxygen atoms in total. The molecule has 0 atom stereocenters. The van der Waals surface area contributed by atoms with E-state index in [-0.39, 0.29) is 11.4 Å². The maximum Gasteiger partial charge on any atom is 0.291 e. The van der Waals surface area contributed by atoms with Gasteiger partial charge < -0.3 is 0 Å². The number of benzene rings is 1. The van der Waals surface area contributed by atoms with E-state index >= 15 is 0 Å². The molecule has 3 heterocycles. The van der Waals surface area contributed by atoms with Gasteiger partial charge in [-0.1, -0.05) is 35.6 Å². The molecule has 122 valence electrons. The average molecular weight is 350 g/mol. The minimum atomic E-state index is -0.286. The number of rotatable bonds is 3. The van der Waals surface area contributed by atoms with Gasteiger partial charge in [0, 0.05) is 12.4 Å². The van der Waals surface area contributed by atoms with Crippen molar-refractivity contribution in [1.82, 2.24) is 19.6 Å². The first-order chi connectivity index (χ1) is 12.2. The van der Waals surface area contributed by atoms with Gasteiger partial charge in [0.25, 0.3) is 5.56 Å². The Morgan fingerprint density at radius 2 is 1.92 bits per heavy atom. The van der Waals surface area contributed by atoms with Gasteiger partial charge in [-0.3, -0.25) is 9.78 Å². The molecule has 0 spiro atoms. The van der Waals surface area contributed by atoms with Crippen LogP contribution in [-0.2, 0) is 0 Å². The molecule has 0 aliphatic rings. The van der Waals surface area contributed by atoms with Crippen molar-refractivity contribution in [3.05, 3.63) is 86.4 Å². The molecule has 4 aromatic rings. The molecule has 7 heteroatoms. The van der Waals surface area contributed by atoms with Crippen molar-refractivity contribution in [1.29, 1.82) is 0 Å². The Balaban J connectivity index is 1.67. The lowest BCUT2D eigenvalue weighted by Gasteiger charge is -1.91. The van der Waals surface area contributed by atoms with Gasteiger partial charge in [-0.05, 0) is 41.5 Å². The number of hydrogen-bond acceptors (Lipinski definition) is 5. The topological polar surface area (TPSA) is 60.2 Å². The number of hydrogen-bond donors (Lipinski definition) is 0. The summed E-state index contributed by atoms with van der Waals surface area (Å²) in [5.74, 6) is 0.145. The predicted molar refractivity (Wildman–Crippen MR) is 95.5 cm³/mol. The van der Waals surface area contributed by atoms with Crippen LogP contribution in [0.15, 0.2) is 53.6 Å². The number of nitrogens with zero attached hydrogens (tertiary/aromatic N) is 4. The lowest BCUT2D eigenvalue weighted by atomic mass is 10.2. The summed E-state index contributed by atoms with van der Waals surface area (Å²) < 4.78 is 14.7. The smallest absolute Gasteiger partial charge is 0.266 e. The first-order valence-electron chi connectivity index (χ1n) is 7.44. The molecule has 0 unspecified atom stereocenters. The number of pyridine rings is 1. The summed E-state index contributed by atoms with van der Waals surface area (Å²) in [5, 5.41) is 4.21. The third-order valence-corrected chi connectivity index (χ3v) is 4.43. The van der Waals surface area contributed by atoms with Crippen LogP contribution >= 0.6 is 11.3 Å². The van der Waals surface area contributed by atoms with E-state index in [9.17, 15) is 9.18 Å². The van der Waals surface area contributed by atoms with Gasteiger partial charge in [0.05, 0.1) is 4.53 Å². The number of halogens is 1. The van der Waals surface area contributed by atoms with E-state index in [1.165, 1.54) is 28.0 Å². The van der Waals surface area contributed by atoms with Crippen LogP contribution in [0.3, 0.4) is 0 Å². The third-order valence-electron chi connectivity index (χ3n) is 3.48. The molecule has 0 aliphatic heterocycles. The van der Waals surface area contributed by atoms with Crippen molar-refractivity contribution in [3.63, 3.8) is 0 Å². The first kappa shape index (κ1) is 15.3. The van der Waals surface area contributed by atoms with Gasteiger partial charge in [0.2, 0.25) is 4.96 Å². The van der Waals surface area contributed by atoms with Gasteiger partial charge in [0.1, 0.15) is 5.82 Å². The molecule has 0 amide bonds. The Morgan fingerprint density at radius 3 is 2.64 bits per heavy atom. The highest BCUT2D eigenvalue weighted by Crippen LogP contribution is 2.09. The largest absolute Gasteiger partial charge is 0.291 e. The molecule has 0 bridgehead atoms. The molecular weight excluding hydrogens is 339 g/mol. The van der Waals surface area contributed by atoms with E-state index in [1.807, 2.05) is 12.1 Å². The summed E-state index contributed by atoms with van der Waals surface area (Å²) in [7, 11) is 0. The Kier molecular flexibility index (Phi) is 3.91. The van der Waals surface area contributed by atoms with E-state index in [0.717, 1.165) is 11.1 Å². The highest BCUT2D eigenvalue weighted by molar-refractivity contribution is 7.15. The summed E-state index contributed by atoms with van der Waals surface area (Å²) in [6, 6.07) is 9.77. The minimum absolute atomic E-state index is 0.210. The Morgan fingerprint density at radius 1 is 1.08 bits per heavy atom. The minimum Gasteiger partial charge on any atom is -0.266 e. The fourth-order valence-electron chi connectivity index (χ4n) is 2.28. The van der Waals surface area contributed by atoms with Crippen molar-refractivity contribution >= 4 is 34.5 Å². The van der Waals surface area contributed by atoms with Crippen LogP contribution in [0.1, 0.15) is 17.0 Å². The van der Waals surface area contributed by atoms with E-state index in [1.54, 1.807) is 42.8 Å². The molecule has 0 aliphatic carbocycles. The lowest BCUT2D eigenvalue weighted by Crippen LogP contribution is -2.23. The predicted octanol–water partition coefficient (Wildman–Crippen LogP) is 2.40. The SMILES string of the molecule is O=c1/c(=C\c2cccnc2)sc2nc(/C=C/c3ccc(F)cc3)nn12. The lowest BCUT2D eigenvalue weighted by molar-refractivity contribution is 0.628. The maximum atomic E-state index is 12.9. The number of fused-ring (bicyclic) bond motifs is 1. The number of aromatic nitrogens is 4. The van der Waals surface area contributed by atoms with Crippen molar-refractivity contribution in [2.75, 3.05) is 0 Å². The molecule has 0 radical (unpaired) electrons. The Bertz CT molecular complexity index is 1160. The van der Waals surface area contributed by atoms with Crippen molar-refractivity contribution in [2.24, 2.45) is 0 Å². The van der Waals surface area contributed by atoms with Crippen LogP contribution < -0.4 is 10.1 Å². The van der Waals surface area contributed by atoms with Crippen LogP contribution in [0.25, 0.3) is 23.2 Å². The van der Waals surface area contributed by atoms with Crippen molar-refractivity contribution in [3.8, 4) is 0 Å². The molecule has 0 saturated heterocycles. The Labute approximate surface area is 145 Å². The maximum absolute atomic E-state index is 12.9. The summed E-state index contributed by atoms with van der Waals surface area (Å²) >= 11 is 1.27. The standard InChI is InChI=1S/C18H11FN4OS/c19-14-6-3-12(4-7-14)5-8-16-21-18-23(22-16)17(24)15(25-18)10-13-2-1-9-20-11-13/h1-11H/b8-5+,15-10+. The summed E-state index contributed by atoms with van der Waals surface area (Å²) in [6.45, 7) is 0. The molecule has 4 rings (SSSR count). The second kappa shape index (κ2) is 6.37. The highest BCUT2D eigenvalue weighted by atomic mass is 32.1. The third kappa shape index (κ3) is 3.22. The van der Waals surface area contributed by atoms with Crippen LogP contribution in [0.2, 0.25) is 0 Å². The zero-order chi connectivity index (χ0) is 17.2. The second-order valence-electron chi connectivity index (χ2n) is 5.25. The van der Waals surface area contributed by atoms with E-state index in [4.69, 9.17) is 0 Å². The first-order valence-corrected chi connectivity index (χ1v) is 8.26. The molecule has 0 saturated carbocycles. The van der Waals surface area contributed by atoms with Crippen molar-refractivity contribution in [2.45, 2.75) is 0 Å². The van der Waals surface area contributed by atoms with E-state index < -0.39 is 0 Å².